The van der Waals surface area contributed by atoms with E-state index in [0.29, 0.717) is 39.8 Å². The van der Waals surface area contributed by atoms with Gasteiger partial charge in [-0.1, -0.05) is 18.2 Å². The largest absolute Gasteiger partial charge is 0.452 e. The van der Waals surface area contributed by atoms with Gasteiger partial charge in [-0.15, -0.1) is 0 Å². The van der Waals surface area contributed by atoms with Crippen LogP contribution in [0.4, 0.5) is 11.4 Å². The summed E-state index contributed by atoms with van der Waals surface area (Å²) in [6, 6.07) is 21.9. The van der Waals surface area contributed by atoms with E-state index < -0.39 is 23.4 Å². The second-order valence-electron chi connectivity index (χ2n) is 9.02. The van der Waals surface area contributed by atoms with Crippen LogP contribution in [0.25, 0.3) is 22.6 Å². The van der Waals surface area contributed by atoms with Gasteiger partial charge in [0, 0.05) is 23.2 Å². The Balaban J connectivity index is 1.43. The zero-order chi connectivity index (χ0) is 27.4. The number of esters is 1. The molecular formula is C30H22N4O5. The van der Waals surface area contributed by atoms with Crippen LogP contribution in [-0.4, -0.2) is 28.4 Å². The van der Waals surface area contributed by atoms with Crippen molar-refractivity contribution in [1.82, 2.24) is 4.98 Å². The maximum Gasteiger partial charge on any atom is 0.339 e. The number of carbonyl (C=O) groups excluding carboxylic acids is 2. The van der Waals surface area contributed by atoms with Crippen molar-refractivity contribution in [2.75, 3.05) is 11.9 Å². The molecule has 1 aromatic heterocycles. The fourth-order valence-corrected chi connectivity index (χ4v) is 4.63. The Morgan fingerprint density at radius 3 is 2.51 bits per heavy atom. The average Bonchev–Trinajstić information content (AvgIpc) is 2.95. The molecule has 0 unspecified atom stereocenters. The molecule has 1 aliphatic carbocycles. The highest BCUT2D eigenvalue weighted by atomic mass is 16.6. The third kappa shape index (κ3) is 5.50. The van der Waals surface area contributed by atoms with Crippen LogP contribution in [0, 0.1) is 21.4 Å². The van der Waals surface area contributed by atoms with Crippen LogP contribution < -0.4 is 5.32 Å². The molecule has 1 N–H and O–H groups in total. The van der Waals surface area contributed by atoms with E-state index in [4.69, 9.17) is 15.0 Å². The lowest BCUT2D eigenvalue weighted by Gasteiger charge is -2.22. The highest BCUT2D eigenvalue weighted by Crippen LogP contribution is 2.36. The van der Waals surface area contributed by atoms with Crippen LogP contribution >= 0.6 is 0 Å². The number of nitrogens with zero attached hydrogens (tertiary/aromatic N) is 3. The number of allylic oxidation sites excluding steroid dienone is 1. The molecule has 5 rings (SSSR count). The molecule has 1 heterocycles. The van der Waals surface area contributed by atoms with Gasteiger partial charge < -0.3 is 10.1 Å². The average molecular weight is 519 g/mol. The van der Waals surface area contributed by atoms with E-state index in [1.165, 1.54) is 12.1 Å². The lowest BCUT2D eigenvalue weighted by atomic mass is 9.86. The molecular weight excluding hydrogens is 496 g/mol. The number of hydrogen-bond donors (Lipinski definition) is 1. The Labute approximate surface area is 223 Å². The predicted molar refractivity (Wildman–Crippen MR) is 146 cm³/mol. The quantitative estimate of drug-likeness (QED) is 0.197. The number of nitro benzene ring substituents is 1. The molecule has 4 aromatic rings. The van der Waals surface area contributed by atoms with Crippen molar-refractivity contribution in [2.24, 2.45) is 0 Å². The first-order valence-corrected chi connectivity index (χ1v) is 12.3. The van der Waals surface area contributed by atoms with Crippen molar-refractivity contribution in [2.45, 2.75) is 19.3 Å². The van der Waals surface area contributed by atoms with E-state index >= 15 is 0 Å². The first kappa shape index (κ1) is 25.3. The Hall–Kier alpha value is -5.36. The second kappa shape index (κ2) is 10.9. The fourth-order valence-electron chi connectivity index (χ4n) is 4.63. The number of pyridine rings is 1. The van der Waals surface area contributed by atoms with Crippen molar-refractivity contribution in [1.29, 1.82) is 5.26 Å². The summed E-state index contributed by atoms with van der Waals surface area (Å²) in [6.45, 7) is -0.476. The monoisotopic (exact) mass is 518 g/mol. The summed E-state index contributed by atoms with van der Waals surface area (Å²) in [7, 11) is 0. The molecule has 0 aliphatic heterocycles. The van der Waals surface area contributed by atoms with Crippen LogP contribution in [0.3, 0.4) is 0 Å². The number of para-hydroxylation sites is 1. The number of ether oxygens (including phenoxy) is 1. The normalized spacial score (nSPS) is 13.4. The highest BCUT2D eigenvalue weighted by molar-refractivity contribution is 6.07. The van der Waals surface area contributed by atoms with Gasteiger partial charge in [0.15, 0.2) is 6.61 Å². The van der Waals surface area contributed by atoms with Crippen molar-refractivity contribution in [3.63, 3.8) is 0 Å². The topological polar surface area (TPSA) is 135 Å². The van der Waals surface area contributed by atoms with Crippen molar-refractivity contribution in [3.8, 4) is 6.07 Å². The molecule has 0 fully saturated rings. The number of hydrogen-bond acceptors (Lipinski definition) is 7. The second-order valence-corrected chi connectivity index (χ2v) is 9.02. The molecule has 1 amide bonds. The van der Waals surface area contributed by atoms with Gasteiger partial charge in [-0.3, -0.25) is 14.9 Å². The molecule has 192 valence electrons. The number of nitro groups is 1. The number of non-ortho nitro benzene ring substituents is 1. The minimum Gasteiger partial charge on any atom is -0.452 e. The Bertz CT molecular complexity index is 1670. The number of fused-ring (bicyclic) bond motifs is 2. The lowest BCUT2D eigenvalue weighted by Crippen LogP contribution is -2.22. The zero-order valence-corrected chi connectivity index (χ0v) is 20.7. The molecule has 0 bridgehead atoms. The van der Waals surface area contributed by atoms with Gasteiger partial charge in [0.2, 0.25) is 0 Å². The smallest absolute Gasteiger partial charge is 0.339 e. The van der Waals surface area contributed by atoms with Gasteiger partial charge in [0.05, 0.1) is 33.3 Å². The fraction of sp³-hybridized carbons (Fsp3) is 0.133. The number of aromatic nitrogens is 1. The lowest BCUT2D eigenvalue weighted by molar-refractivity contribution is -0.384. The third-order valence-electron chi connectivity index (χ3n) is 6.45. The molecule has 1 aliphatic rings. The summed E-state index contributed by atoms with van der Waals surface area (Å²) >= 11 is 0. The summed E-state index contributed by atoms with van der Waals surface area (Å²) in [5.41, 5.74) is 5.14. The van der Waals surface area contributed by atoms with Gasteiger partial charge in [0.25, 0.3) is 11.6 Å². The van der Waals surface area contributed by atoms with E-state index in [1.807, 2.05) is 36.4 Å². The highest BCUT2D eigenvalue weighted by Gasteiger charge is 2.26. The molecule has 3 aromatic carbocycles. The van der Waals surface area contributed by atoms with Crippen molar-refractivity contribution >= 4 is 45.8 Å². The maximum atomic E-state index is 13.4. The van der Waals surface area contributed by atoms with Crippen molar-refractivity contribution < 1.29 is 19.2 Å². The summed E-state index contributed by atoms with van der Waals surface area (Å²) < 4.78 is 5.46. The Morgan fingerprint density at radius 2 is 1.79 bits per heavy atom. The molecule has 0 saturated carbocycles. The first-order chi connectivity index (χ1) is 18.9. The Kier molecular flexibility index (Phi) is 7.10. The molecule has 0 spiro atoms. The number of nitrogens with one attached hydrogen (secondary N) is 1. The van der Waals surface area contributed by atoms with Gasteiger partial charge >= 0.3 is 5.97 Å². The molecule has 0 atom stereocenters. The summed E-state index contributed by atoms with van der Waals surface area (Å²) in [6.07, 6.45) is 4.07. The number of benzene rings is 3. The van der Waals surface area contributed by atoms with E-state index in [1.54, 1.807) is 36.4 Å². The molecule has 9 heteroatoms. The number of amides is 1. The zero-order valence-electron chi connectivity index (χ0n) is 20.7. The van der Waals surface area contributed by atoms with E-state index in [9.17, 15) is 19.7 Å². The van der Waals surface area contributed by atoms with Crippen molar-refractivity contribution in [3.05, 3.63) is 111 Å². The number of anilines is 1. The first-order valence-electron chi connectivity index (χ1n) is 12.3. The minimum absolute atomic E-state index is 0.0126. The number of carbonyl (C=O) groups is 2. The van der Waals surface area contributed by atoms with Crippen LogP contribution in [-0.2, 0) is 16.0 Å². The van der Waals surface area contributed by atoms with E-state index in [-0.39, 0.29) is 5.69 Å². The maximum absolute atomic E-state index is 13.4. The van der Waals surface area contributed by atoms with E-state index in [0.717, 1.165) is 29.5 Å². The molecule has 9 nitrogen and oxygen atoms in total. The number of nitriles is 1. The van der Waals surface area contributed by atoms with Gasteiger partial charge in [-0.2, -0.15) is 5.26 Å². The SMILES string of the molecule is N#Cc1ccc(NC(=O)COC(=O)c2c3c(nc4ccccc24)C(=Cc2ccc([N+](=O)[O-])cc2)CCC3)cc1. The number of rotatable bonds is 6. The summed E-state index contributed by atoms with van der Waals surface area (Å²) in [4.78, 5) is 41.3. The Morgan fingerprint density at radius 1 is 1.05 bits per heavy atom. The van der Waals surface area contributed by atoms with Gasteiger partial charge in [-0.25, -0.2) is 9.78 Å². The van der Waals surface area contributed by atoms with Crippen LogP contribution in [0.15, 0.2) is 72.8 Å². The molecule has 0 saturated heterocycles. The molecule has 0 radical (unpaired) electrons. The van der Waals surface area contributed by atoms with Crippen LogP contribution in [0.5, 0.6) is 0 Å². The van der Waals surface area contributed by atoms with Crippen LogP contribution in [0.2, 0.25) is 0 Å². The summed E-state index contributed by atoms with van der Waals surface area (Å²) in [5.74, 6) is -1.12. The standard InChI is InChI=1S/C30H22N4O5/c31-17-20-8-12-22(13-9-20)32-27(35)18-39-30(36)28-24-5-1-2-7-26(24)33-29-21(4-3-6-25(28)29)16-19-10-14-23(15-11-19)34(37)38/h1-2,5,7-16H,3-4,6,18H2,(H,32,35). The minimum atomic E-state index is -0.614. The third-order valence-corrected chi connectivity index (χ3v) is 6.45. The van der Waals surface area contributed by atoms with E-state index in [2.05, 4.69) is 5.32 Å². The summed E-state index contributed by atoms with van der Waals surface area (Å²) in [5, 5.41) is 23.2. The molecule has 39 heavy (non-hydrogen) atoms. The van der Waals surface area contributed by atoms with Crippen LogP contribution in [0.1, 0.15) is 45.6 Å². The van der Waals surface area contributed by atoms with Gasteiger partial charge in [-0.05, 0) is 84.5 Å². The van der Waals surface area contributed by atoms with Gasteiger partial charge in [0.1, 0.15) is 0 Å². The predicted octanol–water partition coefficient (Wildman–Crippen LogP) is 5.69.